The van der Waals surface area contributed by atoms with Crippen molar-refractivity contribution in [3.8, 4) is 5.75 Å². The first kappa shape index (κ1) is 23.3. The average Bonchev–Trinajstić information content (AvgIpc) is 3.21. The van der Waals surface area contributed by atoms with Crippen molar-refractivity contribution in [3.05, 3.63) is 54.4 Å². The van der Waals surface area contributed by atoms with Crippen molar-refractivity contribution < 1.29 is 4.74 Å². The lowest BCUT2D eigenvalue weighted by Gasteiger charge is -2.21. The van der Waals surface area contributed by atoms with E-state index in [4.69, 9.17) is 9.73 Å². The fraction of sp³-hybridized carbons (Fsp3) is 0.455. The van der Waals surface area contributed by atoms with E-state index >= 15 is 0 Å². The molecule has 1 fully saturated rings. The topological polar surface area (TPSA) is 61.8 Å². The molecule has 6 nitrogen and oxygen atoms in total. The molecule has 0 amide bonds. The number of ether oxygens (including phenoxy) is 1. The summed E-state index contributed by atoms with van der Waals surface area (Å²) in [4.78, 5) is 11.6. The minimum atomic E-state index is 0. The molecule has 1 aliphatic rings. The molecular weight excluding hydrogens is 477 g/mol. The van der Waals surface area contributed by atoms with Gasteiger partial charge in [0.25, 0.3) is 0 Å². The van der Waals surface area contributed by atoms with E-state index in [1.165, 1.54) is 5.69 Å². The van der Waals surface area contributed by atoms with Gasteiger partial charge >= 0.3 is 0 Å². The molecule has 0 spiro atoms. The lowest BCUT2D eigenvalue weighted by Crippen LogP contribution is -2.38. The first-order valence-corrected chi connectivity index (χ1v) is 10.1. The number of aliphatic imine (C=N–C) groups is 1. The number of rotatable bonds is 8. The van der Waals surface area contributed by atoms with Gasteiger partial charge in [0.1, 0.15) is 5.75 Å². The Morgan fingerprint density at radius 1 is 1.21 bits per heavy atom. The summed E-state index contributed by atoms with van der Waals surface area (Å²) in [5.74, 6) is 2.38. The molecular formula is C22H32IN5O. The standard InChI is InChI=1S/C22H31N5O.HI/c1-3-23-22(25-14-11-19-8-6-7-13-24-19)26-16-18-12-15-27(17-18)20-9-4-5-10-21(20)28-2;/h4-10,13,18H,3,11-12,14-17H2,1-2H3,(H2,23,25,26);1H. The first-order chi connectivity index (χ1) is 13.8. The van der Waals surface area contributed by atoms with E-state index in [-0.39, 0.29) is 24.0 Å². The van der Waals surface area contributed by atoms with E-state index in [0.717, 1.165) is 63.0 Å². The Bertz CT molecular complexity index is 756. The molecule has 0 bridgehead atoms. The molecule has 2 aromatic rings. The number of methoxy groups -OCH3 is 1. The second kappa shape index (κ2) is 12.5. The smallest absolute Gasteiger partial charge is 0.191 e. The maximum Gasteiger partial charge on any atom is 0.191 e. The van der Waals surface area contributed by atoms with Gasteiger partial charge in [-0.25, -0.2) is 0 Å². The predicted molar refractivity (Wildman–Crippen MR) is 131 cm³/mol. The highest BCUT2D eigenvalue weighted by Gasteiger charge is 2.24. The Morgan fingerprint density at radius 2 is 2.03 bits per heavy atom. The van der Waals surface area contributed by atoms with E-state index in [1.54, 1.807) is 7.11 Å². The van der Waals surface area contributed by atoms with Crippen molar-refractivity contribution in [1.82, 2.24) is 15.6 Å². The Morgan fingerprint density at radius 3 is 2.79 bits per heavy atom. The van der Waals surface area contributed by atoms with Crippen LogP contribution >= 0.6 is 24.0 Å². The second-order valence-corrected chi connectivity index (χ2v) is 6.99. The van der Waals surface area contributed by atoms with Gasteiger partial charge < -0.3 is 20.3 Å². The molecule has 1 aromatic carbocycles. The maximum atomic E-state index is 5.51. The van der Waals surface area contributed by atoms with Crippen LogP contribution in [0.4, 0.5) is 5.69 Å². The van der Waals surface area contributed by atoms with Crippen molar-refractivity contribution in [3.63, 3.8) is 0 Å². The van der Waals surface area contributed by atoms with E-state index < -0.39 is 0 Å². The number of benzene rings is 1. The van der Waals surface area contributed by atoms with E-state index in [2.05, 4.69) is 45.6 Å². The van der Waals surface area contributed by atoms with Crippen molar-refractivity contribution in [1.29, 1.82) is 0 Å². The van der Waals surface area contributed by atoms with E-state index in [0.29, 0.717) is 5.92 Å². The predicted octanol–water partition coefficient (Wildman–Crippen LogP) is 3.33. The number of hydrogen-bond acceptors (Lipinski definition) is 4. The monoisotopic (exact) mass is 509 g/mol. The highest BCUT2D eigenvalue weighted by molar-refractivity contribution is 14.0. The minimum Gasteiger partial charge on any atom is -0.495 e. The Kier molecular flexibility index (Phi) is 10.0. The highest BCUT2D eigenvalue weighted by atomic mass is 127. The molecule has 7 heteroatoms. The molecule has 1 unspecified atom stereocenters. The summed E-state index contributed by atoms with van der Waals surface area (Å²) in [6.45, 7) is 6.65. The average molecular weight is 509 g/mol. The zero-order valence-electron chi connectivity index (χ0n) is 17.3. The van der Waals surface area contributed by atoms with Crippen LogP contribution in [0.1, 0.15) is 19.0 Å². The summed E-state index contributed by atoms with van der Waals surface area (Å²) >= 11 is 0. The third-order valence-corrected chi connectivity index (χ3v) is 4.96. The fourth-order valence-electron chi connectivity index (χ4n) is 3.51. The summed E-state index contributed by atoms with van der Waals surface area (Å²) in [6, 6.07) is 14.3. The molecule has 1 aliphatic heterocycles. The van der Waals surface area contributed by atoms with Gasteiger partial charge in [0.05, 0.1) is 12.8 Å². The molecule has 1 aromatic heterocycles. The quantitative estimate of drug-likeness (QED) is 0.325. The molecule has 158 valence electrons. The van der Waals surface area contributed by atoms with Crippen LogP contribution < -0.4 is 20.3 Å². The number of para-hydroxylation sites is 2. The zero-order chi connectivity index (χ0) is 19.6. The summed E-state index contributed by atoms with van der Waals surface area (Å²) in [5.41, 5.74) is 2.27. The summed E-state index contributed by atoms with van der Waals surface area (Å²) in [6.07, 6.45) is 3.87. The van der Waals surface area contributed by atoms with Crippen LogP contribution in [0.5, 0.6) is 5.75 Å². The fourth-order valence-corrected chi connectivity index (χ4v) is 3.51. The molecule has 29 heavy (non-hydrogen) atoms. The van der Waals surface area contributed by atoms with Crippen LogP contribution in [0.2, 0.25) is 0 Å². The van der Waals surface area contributed by atoms with Gasteiger partial charge in [-0.3, -0.25) is 9.98 Å². The van der Waals surface area contributed by atoms with Gasteiger partial charge in [-0.2, -0.15) is 0 Å². The highest BCUT2D eigenvalue weighted by Crippen LogP contribution is 2.31. The largest absolute Gasteiger partial charge is 0.495 e. The lowest BCUT2D eigenvalue weighted by atomic mass is 10.1. The third kappa shape index (κ3) is 7.06. The molecule has 2 N–H and O–H groups in total. The number of hydrogen-bond donors (Lipinski definition) is 2. The molecule has 3 rings (SSSR count). The normalized spacial score (nSPS) is 16.3. The molecule has 0 aliphatic carbocycles. The number of nitrogens with zero attached hydrogens (tertiary/aromatic N) is 3. The SMILES string of the molecule is CCNC(=NCC1CCN(c2ccccc2OC)C1)NCCc1ccccn1.I. The lowest BCUT2D eigenvalue weighted by molar-refractivity contribution is 0.414. The van der Waals surface area contributed by atoms with E-state index in [1.807, 2.05) is 30.5 Å². The first-order valence-electron chi connectivity index (χ1n) is 10.1. The number of halogens is 1. The number of aromatic nitrogens is 1. The van der Waals surface area contributed by atoms with Gasteiger partial charge in [-0.1, -0.05) is 18.2 Å². The number of anilines is 1. The Balaban J connectivity index is 0.00000300. The Hall–Kier alpha value is -2.03. The molecule has 0 radical (unpaired) electrons. The maximum absolute atomic E-state index is 5.51. The molecule has 0 saturated carbocycles. The van der Waals surface area contributed by atoms with Gasteiger partial charge in [-0.15, -0.1) is 24.0 Å². The zero-order valence-corrected chi connectivity index (χ0v) is 19.6. The van der Waals surface area contributed by atoms with Gasteiger partial charge in [0.2, 0.25) is 0 Å². The number of nitrogens with one attached hydrogen (secondary N) is 2. The second-order valence-electron chi connectivity index (χ2n) is 6.99. The van der Waals surface area contributed by atoms with Crippen LogP contribution in [-0.4, -0.2) is 50.8 Å². The summed E-state index contributed by atoms with van der Waals surface area (Å²) < 4.78 is 5.51. The van der Waals surface area contributed by atoms with Gasteiger partial charge in [0, 0.05) is 51.0 Å². The Labute approximate surface area is 191 Å². The number of guanidine groups is 1. The van der Waals surface area contributed by atoms with Crippen molar-refractivity contribution in [2.75, 3.05) is 44.7 Å². The van der Waals surface area contributed by atoms with Crippen molar-refractivity contribution in [2.24, 2.45) is 10.9 Å². The summed E-state index contributed by atoms with van der Waals surface area (Å²) in [7, 11) is 1.73. The molecule has 1 atom stereocenters. The van der Waals surface area contributed by atoms with Crippen molar-refractivity contribution in [2.45, 2.75) is 19.8 Å². The number of pyridine rings is 1. The van der Waals surface area contributed by atoms with Crippen LogP contribution in [-0.2, 0) is 6.42 Å². The minimum absolute atomic E-state index is 0. The van der Waals surface area contributed by atoms with Gasteiger partial charge in [-0.05, 0) is 43.5 Å². The van der Waals surface area contributed by atoms with E-state index in [9.17, 15) is 0 Å². The van der Waals surface area contributed by atoms with Crippen LogP contribution in [0.3, 0.4) is 0 Å². The van der Waals surface area contributed by atoms with Crippen LogP contribution in [0, 0.1) is 5.92 Å². The molecule has 2 heterocycles. The third-order valence-electron chi connectivity index (χ3n) is 4.96. The van der Waals surface area contributed by atoms with Crippen LogP contribution in [0.25, 0.3) is 0 Å². The summed E-state index contributed by atoms with van der Waals surface area (Å²) in [5, 5.41) is 6.76. The van der Waals surface area contributed by atoms with Gasteiger partial charge in [0.15, 0.2) is 5.96 Å². The molecule has 1 saturated heterocycles. The van der Waals surface area contributed by atoms with Crippen LogP contribution in [0.15, 0.2) is 53.7 Å². The van der Waals surface area contributed by atoms with Crippen molar-refractivity contribution >= 4 is 35.6 Å².